The molecule has 6 nitrogen and oxygen atoms in total. The molecule has 2 rings (SSSR count). The summed E-state index contributed by atoms with van der Waals surface area (Å²) in [6, 6.07) is 11.2. The van der Waals surface area contributed by atoms with Crippen LogP contribution in [0.25, 0.3) is 0 Å². The van der Waals surface area contributed by atoms with Crippen LogP contribution >= 0.6 is 0 Å². The monoisotopic (exact) mass is 417 g/mol. The summed E-state index contributed by atoms with van der Waals surface area (Å²) in [5.74, 6) is 0. The van der Waals surface area contributed by atoms with Gasteiger partial charge in [0.05, 0.1) is 11.6 Å². The van der Waals surface area contributed by atoms with Crippen LogP contribution in [0, 0.1) is 31.6 Å². The van der Waals surface area contributed by atoms with E-state index < -0.39 is 5.09 Å². The van der Waals surface area contributed by atoms with Gasteiger partial charge in [0.1, 0.15) is 12.4 Å². The van der Waals surface area contributed by atoms with Crippen molar-refractivity contribution in [2.45, 2.75) is 80.2 Å². The summed E-state index contributed by atoms with van der Waals surface area (Å²) in [4.78, 5) is 11.4. The highest BCUT2D eigenvalue weighted by molar-refractivity contribution is 5.31. The van der Waals surface area contributed by atoms with Crippen LogP contribution in [0.4, 0.5) is 0 Å². The Morgan fingerprint density at radius 3 is 1.93 bits per heavy atom. The van der Waals surface area contributed by atoms with Gasteiger partial charge in [0, 0.05) is 5.41 Å². The first-order valence-electron chi connectivity index (χ1n) is 10.6. The maximum Gasteiger partial charge on any atom is 0.241 e. The van der Waals surface area contributed by atoms with E-state index in [2.05, 4.69) is 101 Å². The first kappa shape index (κ1) is 25.7. The molecule has 0 spiro atoms. The lowest BCUT2D eigenvalue weighted by atomic mass is 9.44. The Morgan fingerprint density at radius 1 is 0.967 bits per heavy atom. The van der Waals surface area contributed by atoms with Crippen LogP contribution in [-0.4, -0.2) is 10.1 Å². The van der Waals surface area contributed by atoms with E-state index in [9.17, 15) is 0 Å². The zero-order valence-electron chi connectivity index (χ0n) is 19.9. The van der Waals surface area contributed by atoms with Crippen LogP contribution in [0.15, 0.2) is 49.1 Å². The average Bonchev–Trinajstić information content (AvgIpc) is 3.13. The molecule has 0 fully saturated rings. The predicted molar refractivity (Wildman–Crippen MR) is 121 cm³/mol. The first-order chi connectivity index (χ1) is 13.7. The highest BCUT2D eigenvalue weighted by Gasteiger charge is 2.56. The summed E-state index contributed by atoms with van der Waals surface area (Å²) in [7, 11) is 0. The van der Waals surface area contributed by atoms with Crippen molar-refractivity contribution >= 4 is 0 Å². The maximum absolute atomic E-state index is 8.25. The number of nitrogens with one attached hydrogen (secondary N) is 1. The molecule has 2 aromatic rings. The Morgan fingerprint density at radius 2 is 1.50 bits per heavy atom. The van der Waals surface area contributed by atoms with Crippen LogP contribution in [0.2, 0.25) is 0 Å². The Hall–Kier alpha value is -2.37. The van der Waals surface area contributed by atoms with Crippen molar-refractivity contribution in [2.75, 3.05) is 0 Å². The topological polar surface area (TPSA) is 85.9 Å². The second kappa shape index (κ2) is 9.63. The van der Waals surface area contributed by atoms with Crippen molar-refractivity contribution in [1.29, 1.82) is 0 Å². The van der Waals surface area contributed by atoms with Gasteiger partial charge in [-0.05, 0) is 34.7 Å². The van der Waals surface area contributed by atoms with Crippen LogP contribution in [-0.2, 0) is 12.0 Å². The Labute approximate surface area is 181 Å². The van der Waals surface area contributed by atoms with Crippen LogP contribution in [0.3, 0.4) is 0 Å². The number of aryl methyl sites for hydroxylation is 1. The largest absolute Gasteiger partial charge is 0.356 e. The minimum Gasteiger partial charge on any atom is -0.356 e. The van der Waals surface area contributed by atoms with Gasteiger partial charge in [-0.15, -0.1) is 0 Å². The molecule has 1 heterocycles. The van der Waals surface area contributed by atoms with E-state index in [1.807, 2.05) is 12.5 Å². The number of H-pyrrole nitrogens is 1. The molecule has 1 aromatic carbocycles. The zero-order valence-corrected chi connectivity index (χ0v) is 19.9. The molecule has 0 radical (unpaired) electrons. The molecule has 0 saturated carbocycles. The number of benzene rings is 1. The van der Waals surface area contributed by atoms with E-state index in [1.165, 1.54) is 18.4 Å². The number of nitrogens with zero attached hydrogens (tertiary/aromatic N) is 2. The van der Waals surface area contributed by atoms with Crippen LogP contribution < -0.4 is 4.57 Å². The molecule has 0 amide bonds. The SMILES string of the molecule is CC(C)(C)C(C)(C)C(C)(c1ccccc1)C(C)(C)CCC[n+]1cc[nH]c1.O=[N+]([O-])[O-]. The summed E-state index contributed by atoms with van der Waals surface area (Å²) in [6.07, 6.45) is 8.52. The van der Waals surface area contributed by atoms with Gasteiger partial charge in [-0.3, -0.25) is 4.98 Å². The molecule has 30 heavy (non-hydrogen) atoms. The summed E-state index contributed by atoms with van der Waals surface area (Å²) < 4.78 is 2.24. The average molecular weight is 418 g/mol. The normalized spacial score (nSPS) is 14.4. The molecule has 0 saturated heterocycles. The number of rotatable bonds is 7. The smallest absolute Gasteiger partial charge is 0.241 e. The molecule has 0 aliphatic carbocycles. The number of imidazole rings is 1. The number of hydrogen-bond acceptors (Lipinski definition) is 3. The first-order valence-corrected chi connectivity index (χ1v) is 10.6. The third-order valence-corrected chi connectivity index (χ3v) is 7.65. The van der Waals surface area contributed by atoms with Gasteiger partial charge in [0.2, 0.25) is 6.33 Å². The van der Waals surface area contributed by atoms with E-state index >= 15 is 0 Å². The third kappa shape index (κ3) is 5.61. The van der Waals surface area contributed by atoms with E-state index in [-0.39, 0.29) is 21.7 Å². The van der Waals surface area contributed by atoms with E-state index in [1.54, 1.807) is 0 Å². The van der Waals surface area contributed by atoms with Gasteiger partial charge in [0.25, 0.3) is 0 Å². The molecule has 1 N–H and O–H groups in total. The molecule has 0 aliphatic rings. The molecule has 0 bridgehead atoms. The fourth-order valence-corrected chi connectivity index (χ4v) is 4.53. The Kier molecular flexibility index (Phi) is 8.24. The number of aromatic nitrogens is 2. The van der Waals surface area contributed by atoms with E-state index in [4.69, 9.17) is 15.3 Å². The molecule has 0 aliphatic heterocycles. The minimum atomic E-state index is -1.75. The minimum absolute atomic E-state index is 0.0579. The molecule has 6 heteroatoms. The lowest BCUT2D eigenvalue weighted by Crippen LogP contribution is -2.56. The number of hydrogen-bond donors (Lipinski definition) is 1. The summed E-state index contributed by atoms with van der Waals surface area (Å²) >= 11 is 0. The van der Waals surface area contributed by atoms with Gasteiger partial charge < -0.3 is 15.3 Å². The van der Waals surface area contributed by atoms with Crippen molar-refractivity contribution in [3.8, 4) is 0 Å². The van der Waals surface area contributed by atoms with E-state index in [0.29, 0.717) is 0 Å². The highest BCUT2D eigenvalue weighted by Crippen LogP contribution is 2.61. The second-order valence-electron chi connectivity index (χ2n) is 10.4. The second-order valence-corrected chi connectivity index (χ2v) is 10.4. The third-order valence-electron chi connectivity index (χ3n) is 7.65. The predicted octanol–water partition coefficient (Wildman–Crippen LogP) is 5.90. The lowest BCUT2D eigenvalue weighted by Gasteiger charge is -2.60. The van der Waals surface area contributed by atoms with Gasteiger partial charge in [0.15, 0.2) is 0 Å². The van der Waals surface area contributed by atoms with Gasteiger partial charge in [-0.25, -0.2) is 4.57 Å². The summed E-state index contributed by atoms with van der Waals surface area (Å²) in [5, 5.41) is 14.8. The van der Waals surface area contributed by atoms with Crippen molar-refractivity contribution < 1.29 is 9.65 Å². The Balaban J connectivity index is 0.00000103. The lowest BCUT2D eigenvalue weighted by molar-refractivity contribution is -0.696. The van der Waals surface area contributed by atoms with Gasteiger partial charge in [-0.1, -0.05) is 85.7 Å². The van der Waals surface area contributed by atoms with Gasteiger partial charge >= 0.3 is 0 Å². The fraction of sp³-hybridized carbons (Fsp3) is 0.625. The molecular formula is C24H39N3O3. The fourth-order valence-electron chi connectivity index (χ4n) is 4.53. The standard InChI is InChI=1S/C24H38N2.NO3/c1-21(2,3)23(6,7)24(8,20-13-10-9-11-14-20)22(4,5)15-12-17-26-18-16-25-19-26;2-1(3)4/h9-11,13-14,16,18-19H,12,15,17H2,1-8H3;/q;-1/p+1. The van der Waals surface area contributed by atoms with Crippen molar-refractivity contribution in [3.63, 3.8) is 0 Å². The molecule has 1 unspecified atom stereocenters. The maximum atomic E-state index is 8.25. The zero-order chi connectivity index (χ0) is 23.2. The summed E-state index contributed by atoms with van der Waals surface area (Å²) in [6.45, 7) is 20.6. The molecule has 168 valence electrons. The van der Waals surface area contributed by atoms with Crippen LogP contribution in [0.5, 0.6) is 0 Å². The van der Waals surface area contributed by atoms with Gasteiger partial charge in [-0.2, -0.15) is 0 Å². The van der Waals surface area contributed by atoms with Crippen molar-refractivity contribution in [3.05, 3.63) is 69.9 Å². The summed E-state index contributed by atoms with van der Waals surface area (Å²) in [5.41, 5.74) is 2.01. The molecular weight excluding hydrogens is 378 g/mol. The molecule has 1 atom stereocenters. The molecule has 1 aromatic heterocycles. The highest BCUT2D eigenvalue weighted by atomic mass is 16.9. The van der Waals surface area contributed by atoms with Crippen LogP contribution in [0.1, 0.15) is 73.8 Å². The van der Waals surface area contributed by atoms with Crippen molar-refractivity contribution in [1.82, 2.24) is 4.98 Å². The Bertz CT molecular complexity index is 774. The quantitative estimate of drug-likeness (QED) is 0.346. The van der Waals surface area contributed by atoms with E-state index in [0.717, 1.165) is 6.54 Å². The number of aromatic amines is 1. The van der Waals surface area contributed by atoms with Crippen molar-refractivity contribution in [2.24, 2.45) is 16.2 Å².